The zero-order valence-corrected chi connectivity index (χ0v) is 6.60. The van der Waals surface area contributed by atoms with E-state index in [0.29, 0.717) is 11.3 Å². The Hall–Kier alpha value is -1.23. The van der Waals surface area contributed by atoms with Gasteiger partial charge in [0.15, 0.2) is 5.65 Å². The summed E-state index contributed by atoms with van der Waals surface area (Å²) in [5, 5.41) is 0. The number of aromatic amines is 1. The Morgan fingerprint density at radius 2 is 2.45 bits per heavy atom. The van der Waals surface area contributed by atoms with Crippen LogP contribution in [0, 0.1) is 6.92 Å². The van der Waals surface area contributed by atoms with Crippen molar-refractivity contribution >= 4 is 21.8 Å². The highest BCUT2D eigenvalue weighted by atomic mass is 32.1. The summed E-state index contributed by atoms with van der Waals surface area (Å²) in [4.78, 5) is 22.4. The highest BCUT2D eigenvalue weighted by Crippen LogP contribution is 2.09. The molecule has 0 aromatic carbocycles. The fourth-order valence-corrected chi connectivity index (χ4v) is 1.42. The lowest BCUT2D eigenvalue weighted by Crippen LogP contribution is -2.10. The van der Waals surface area contributed by atoms with Crippen LogP contribution < -0.4 is 5.56 Å². The number of thiazole rings is 1. The molecule has 0 atom stereocenters. The first-order valence-electron chi connectivity index (χ1n) is 3.07. The van der Waals surface area contributed by atoms with E-state index in [4.69, 9.17) is 0 Å². The fourth-order valence-electron chi connectivity index (χ4n) is 0.809. The lowest BCUT2D eigenvalue weighted by atomic mass is 10.5. The number of nitrogens with one attached hydrogen (secondary N) is 1. The molecule has 1 N–H and O–H groups in total. The molecule has 5 heteroatoms. The molecule has 0 saturated heterocycles. The Balaban J connectivity index is 2.97. The molecule has 0 aliphatic carbocycles. The van der Waals surface area contributed by atoms with E-state index in [-0.39, 0.29) is 5.56 Å². The summed E-state index contributed by atoms with van der Waals surface area (Å²) in [6, 6.07) is 0. The molecule has 0 spiro atoms. The highest BCUT2D eigenvalue weighted by molar-refractivity contribution is 7.16. The van der Waals surface area contributed by atoms with Crippen molar-refractivity contribution in [1.82, 2.24) is 15.0 Å². The summed E-state index contributed by atoms with van der Waals surface area (Å²) < 4.78 is 0. The van der Waals surface area contributed by atoms with Crippen LogP contribution in [0.5, 0.6) is 0 Å². The van der Waals surface area contributed by atoms with Gasteiger partial charge in [0.25, 0.3) is 5.56 Å². The van der Waals surface area contributed by atoms with Gasteiger partial charge in [-0.1, -0.05) is 0 Å². The molecule has 0 unspecified atom stereocenters. The number of hydrogen-bond acceptors (Lipinski definition) is 4. The quantitative estimate of drug-likeness (QED) is 0.628. The van der Waals surface area contributed by atoms with Crippen molar-refractivity contribution < 1.29 is 0 Å². The molecule has 2 aromatic heterocycles. The standard InChI is InChI=1S/C6H5N3OS/c1-3-5(10)9-6-4(8-3)7-2-11-6/h2H,1H3,(H,9,10). The van der Waals surface area contributed by atoms with Crippen LogP contribution in [0.4, 0.5) is 0 Å². The van der Waals surface area contributed by atoms with E-state index in [0.717, 1.165) is 4.83 Å². The number of H-pyrrole nitrogens is 1. The van der Waals surface area contributed by atoms with Crippen LogP contribution in [-0.4, -0.2) is 15.0 Å². The van der Waals surface area contributed by atoms with Gasteiger partial charge in [-0.05, 0) is 6.92 Å². The monoisotopic (exact) mass is 167 g/mol. The molecule has 4 nitrogen and oxygen atoms in total. The van der Waals surface area contributed by atoms with Gasteiger partial charge in [-0.2, -0.15) is 0 Å². The van der Waals surface area contributed by atoms with Gasteiger partial charge in [-0.25, -0.2) is 9.97 Å². The second kappa shape index (κ2) is 2.13. The van der Waals surface area contributed by atoms with E-state index in [2.05, 4.69) is 15.0 Å². The van der Waals surface area contributed by atoms with Gasteiger partial charge < -0.3 is 4.98 Å². The Kier molecular flexibility index (Phi) is 1.25. The van der Waals surface area contributed by atoms with E-state index in [1.807, 2.05) is 0 Å². The molecule has 2 aromatic rings. The first-order chi connectivity index (χ1) is 5.27. The first-order valence-corrected chi connectivity index (χ1v) is 3.95. The number of nitrogens with zero attached hydrogens (tertiary/aromatic N) is 2. The molecule has 11 heavy (non-hydrogen) atoms. The summed E-state index contributed by atoms with van der Waals surface area (Å²) in [6.07, 6.45) is 0. The maximum Gasteiger partial charge on any atom is 0.270 e. The van der Waals surface area contributed by atoms with E-state index >= 15 is 0 Å². The van der Waals surface area contributed by atoms with Gasteiger partial charge in [0.1, 0.15) is 10.5 Å². The molecule has 56 valence electrons. The summed E-state index contributed by atoms with van der Waals surface area (Å²) in [6.45, 7) is 1.66. The average molecular weight is 167 g/mol. The fraction of sp³-hybridized carbons (Fsp3) is 0.167. The molecule has 0 aliphatic heterocycles. The summed E-state index contributed by atoms with van der Waals surface area (Å²) in [5.41, 5.74) is 2.60. The molecular weight excluding hydrogens is 162 g/mol. The summed E-state index contributed by atoms with van der Waals surface area (Å²) >= 11 is 1.38. The zero-order valence-electron chi connectivity index (χ0n) is 5.79. The third kappa shape index (κ3) is 0.932. The second-order valence-electron chi connectivity index (χ2n) is 2.16. The van der Waals surface area contributed by atoms with Crippen LogP contribution >= 0.6 is 11.3 Å². The molecule has 0 fully saturated rings. The van der Waals surface area contributed by atoms with Crippen LogP contribution in [0.25, 0.3) is 10.5 Å². The van der Waals surface area contributed by atoms with Crippen molar-refractivity contribution in [3.05, 3.63) is 21.6 Å². The van der Waals surface area contributed by atoms with Gasteiger partial charge in [0.05, 0.1) is 5.51 Å². The van der Waals surface area contributed by atoms with E-state index < -0.39 is 0 Å². The number of hydrogen-bond donors (Lipinski definition) is 1. The lowest BCUT2D eigenvalue weighted by molar-refractivity contribution is 1.11. The smallest absolute Gasteiger partial charge is 0.270 e. The maximum atomic E-state index is 11.0. The van der Waals surface area contributed by atoms with Crippen molar-refractivity contribution in [2.75, 3.05) is 0 Å². The number of aryl methyl sites for hydroxylation is 1. The summed E-state index contributed by atoms with van der Waals surface area (Å²) in [7, 11) is 0. The Morgan fingerprint density at radius 3 is 3.27 bits per heavy atom. The topological polar surface area (TPSA) is 58.6 Å². The number of aromatic nitrogens is 3. The minimum atomic E-state index is -0.137. The predicted molar refractivity (Wildman–Crippen MR) is 42.8 cm³/mol. The lowest BCUT2D eigenvalue weighted by Gasteiger charge is -1.88. The highest BCUT2D eigenvalue weighted by Gasteiger charge is 2.00. The van der Waals surface area contributed by atoms with Gasteiger partial charge in [0.2, 0.25) is 0 Å². The van der Waals surface area contributed by atoms with Crippen molar-refractivity contribution in [2.45, 2.75) is 6.92 Å². The molecular formula is C6H5N3OS. The van der Waals surface area contributed by atoms with Crippen molar-refractivity contribution in [3.63, 3.8) is 0 Å². The van der Waals surface area contributed by atoms with Crippen LogP contribution in [-0.2, 0) is 0 Å². The number of fused-ring (bicyclic) bond motifs is 1. The normalized spacial score (nSPS) is 10.6. The molecule has 0 saturated carbocycles. The van der Waals surface area contributed by atoms with E-state index in [9.17, 15) is 4.79 Å². The van der Waals surface area contributed by atoms with Crippen LogP contribution in [0.1, 0.15) is 5.69 Å². The minimum absolute atomic E-state index is 0.137. The van der Waals surface area contributed by atoms with Gasteiger partial charge in [-0.3, -0.25) is 4.79 Å². The maximum absolute atomic E-state index is 11.0. The molecule has 0 amide bonds. The molecule has 0 bridgehead atoms. The molecule has 0 aliphatic rings. The second-order valence-corrected chi connectivity index (χ2v) is 3.01. The number of rotatable bonds is 0. The zero-order chi connectivity index (χ0) is 7.84. The summed E-state index contributed by atoms with van der Waals surface area (Å²) in [5.74, 6) is 0. The van der Waals surface area contributed by atoms with Crippen LogP contribution in [0.15, 0.2) is 10.3 Å². The van der Waals surface area contributed by atoms with Crippen molar-refractivity contribution in [3.8, 4) is 0 Å². The van der Waals surface area contributed by atoms with E-state index in [1.54, 1.807) is 12.4 Å². The average Bonchev–Trinajstić information content (AvgIpc) is 2.36. The Labute approximate surface area is 65.9 Å². The van der Waals surface area contributed by atoms with Crippen LogP contribution in [0.3, 0.4) is 0 Å². The minimum Gasteiger partial charge on any atom is -0.309 e. The van der Waals surface area contributed by atoms with Gasteiger partial charge >= 0.3 is 0 Å². The molecule has 0 radical (unpaired) electrons. The third-order valence-electron chi connectivity index (χ3n) is 1.38. The Bertz CT molecular complexity index is 444. The largest absolute Gasteiger partial charge is 0.309 e. The Morgan fingerprint density at radius 1 is 1.64 bits per heavy atom. The van der Waals surface area contributed by atoms with Gasteiger partial charge in [0, 0.05) is 0 Å². The first kappa shape index (κ1) is 6.48. The third-order valence-corrected chi connectivity index (χ3v) is 2.11. The predicted octanol–water partition coefficient (Wildman–Crippen LogP) is 0.688. The van der Waals surface area contributed by atoms with Crippen LogP contribution in [0.2, 0.25) is 0 Å². The van der Waals surface area contributed by atoms with Crippen molar-refractivity contribution in [1.29, 1.82) is 0 Å². The van der Waals surface area contributed by atoms with Gasteiger partial charge in [-0.15, -0.1) is 11.3 Å². The SMILES string of the molecule is Cc1nc2ncsc2[nH]c1=O. The molecule has 2 rings (SSSR count). The van der Waals surface area contributed by atoms with E-state index in [1.165, 1.54) is 11.3 Å². The molecule has 2 heterocycles. The van der Waals surface area contributed by atoms with Crippen molar-refractivity contribution in [2.24, 2.45) is 0 Å².